The summed E-state index contributed by atoms with van der Waals surface area (Å²) in [5.74, 6) is 0.0837. The van der Waals surface area contributed by atoms with Crippen LogP contribution in [0.4, 0.5) is 0 Å². The van der Waals surface area contributed by atoms with E-state index in [0.29, 0.717) is 12.5 Å². The Bertz CT molecular complexity index is 435. The van der Waals surface area contributed by atoms with E-state index >= 15 is 0 Å². The van der Waals surface area contributed by atoms with E-state index in [-0.39, 0.29) is 5.91 Å². The van der Waals surface area contributed by atoms with Crippen molar-refractivity contribution in [1.82, 2.24) is 9.80 Å². The normalized spacial score (nSPS) is 21.8. The van der Waals surface area contributed by atoms with E-state index < -0.39 is 6.04 Å². The molecule has 1 aliphatic rings. The fraction of sp³-hybridized carbons (Fsp3) is 0.562. The number of likely N-dealkylation sites (N-methyl/N-ethyl adjacent to an activating group) is 1. The zero-order chi connectivity index (χ0) is 14.5. The SMILES string of the molecule is CCC1CN(C(=O)C(N)Cc2ccccc2)CCN1C. The number of carbonyl (C=O) groups excluding carboxylic acids is 1. The highest BCUT2D eigenvalue weighted by atomic mass is 16.2. The maximum Gasteiger partial charge on any atom is 0.239 e. The van der Waals surface area contributed by atoms with E-state index in [1.54, 1.807) is 0 Å². The van der Waals surface area contributed by atoms with E-state index in [4.69, 9.17) is 5.73 Å². The number of hydrogen-bond donors (Lipinski definition) is 1. The smallest absolute Gasteiger partial charge is 0.239 e. The van der Waals surface area contributed by atoms with Gasteiger partial charge in [-0.15, -0.1) is 0 Å². The molecule has 1 aliphatic heterocycles. The van der Waals surface area contributed by atoms with Crippen LogP contribution in [0.25, 0.3) is 0 Å². The second-order valence-electron chi connectivity index (χ2n) is 5.62. The number of piperazine rings is 1. The first kappa shape index (κ1) is 15.0. The Hall–Kier alpha value is -1.39. The van der Waals surface area contributed by atoms with Crippen molar-refractivity contribution < 1.29 is 4.79 Å². The third-order valence-electron chi connectivity index (χ3n) is 4.18. The summed E-state index contributed by atoms with van der Waals surface area (Å²) in [5.41, 5.74) is 7.22. The minimum Gasteiger partial charge on any atom is -0.338 e. The van der Waals surface area contributed by atoms with Crippen molar-refractivity contribution >= 4 is 5.91 Å². The van der Waals surface area contributed by atoms with Crippen LogP contribution in [0.3, 0.4) is 0 Å². The quantitative estimate of drug-likeness (QED) is 0.895. The predicted octanol–water partition coefficient (Wildman–Crippen LogP) is 1.11. The first-order valence-corrected chi connectivity index (χ1v) is 7.40. The summed E-state index contributed by atoms with van der Waals surface area (Å²) < 4.78 is 0. The highest BCUT2D eigenvalue weighted by Gasteiger charge is 2.28. The number of nitrogens with zero attached hydrogens (tertiary/aromatic N) is 2. The molecule has 4 heteroatoms. The standard InChI is InChI=1S/C16H25N3O/c1-3-14-12-19(10-9-18(14)2)16(20)15(17)11-13-7-5-4-6-8-13/h4-8,14-15H,3,9-12,17H2,1-2H3. The maximum atomic E-state index is 12.5. The molecule has 20 heavy (non-hydrogen) atoms. The fourth-order valence-electron chi connectivity index (χ4n) is 2.78. The second kappa shape index (κ2) is 6.86. The zero-order valence-electron chi connectivity index (χ0n) is 12.5. The van der Waals surface area contributed by atoms with Crippen LogP contribution in [0.2, 0.25) is 0 Å². The van der Waals surface area contributed by atoms with E-state index in [9.17, 15) is 4.79 Å². The highest BCUT2D eigenvalue weighted by molar-refractivity contribution is 5.82. The molecule has 2 unspecified atom stereocenters. The summed E-state index contributed by atoms with van der Waals surface area (Å²) in [6, 6.07) is 10.0. The van der Waals surface area contributed by atoms with Gasteiger partial charge in [0.2, 0.25) is 5.91 Å². The van der Waals surface area contributed by atoms with E-state index in [1.165, 1.54) is 0 Å². The van der Waals surface area contributed by atoms with Crippen LogP contribution in [-0.2, 0) is 11.2 Å². The summed E-state index contributed by atoms with van der Waals surface area (Å²) in [5, 5.41) is 0. The van der Waals surface area contributed by atoms with Gasteiger partial charge in [0.1, 0.15) is 0 Å². The van der Waals surface area contributed by atoms with Crippen molar-refractivity contribution in [2.45, 2.75) is 31.8 Å². The van der Waals surface area contributed by atoms with Gasteiger partial charge in [0.15, 0.2) is 0 Å². The molecule has 2 atom stereocenters. The third-order valence-corrected chi connectivity index (χ3v) is 4.18. The van der Waals surface area contributed by atoms with Crippen molar-refractivity contribution in [3.63, 3.8) is 0 Å². The number of nitrogens with two attached hydrogens (primary N) is 1. The summed E-state index contributed by atoms with van der Waals surface area (Å²) >= 11 is 0. The molecule has 0 saturated carbocycles. The molecule has 0 aromatic heterocycles. The molecule has 0 bridgehead atoms. The molecular weight excluding hydrogens is 250 g/mol. The topological polar surface area (TPSA) is 49.6 Å². The van der Waals surface area contributed by atoms with Crippen molar-refractivity contribution in [2.75, 3.05) is 26.7 Å². The Kier molecular flexibility index (Phi) is 5.15. The molecule has 1 amide bonds. The molecule has 4 nitrogen and oxygen atoms in total. The Labute approximate surface area is 121 Å². The lowest BCUT2D eigenvalue weighted by Gasteiger charge is -2.40. The molecule has 110 valence electrons. The Balaban J connectivity index is 1.93. The molecule has 1 aromatic carbocycles. The van der Waals surface area contributed by atoms with Crippen LogP contribution < -0.4 is 5.73 Å². The van der Waals surface area contributed by atoms with Gasteiger partial charge >= 0.3 is 0 Å². The second-order valence-corrected chi connectivity index (χ2v) is 5.62. The van der Waals surface area contributed by atoms with Crippen LogP contribution in [0.1, 0.15) is 18.9 Å². The fourth-order valence-corrected chi connectivity index (χ4v) is 2.78. The van der Waals surface area contributed by atoms with Crippen molar-refractivity contribution in [3.05, 3.63) is 35.9 Å². The van der Waals surface area contributed by atoms with Gasteiger partial charge in [0, 0.05) is 25.7 Å². The first-order valence-electron chi connectivity index (χ1n) is 7.40. The number of benzene rings is 1. The van der Waals surface area contributed by atoms with Crippen LogP contribution in [-0.4, -0.2) is 54.5 Å². The van der Waals surface area contributed by atoms with Crippen molar-refractivity contribution in [1.29, 1.82) is 0 Å². The molecule has 1 saturated heterocycles. The van der Waals surface area contributed by atoms with Gasteiger partial charge in [-0.25, -0.2) is 0 Å². The van der Waals surface area contributed by atoms with Gasteiger partial charge in [-0.1, -0.05) is 37.3 Å². The van der Waals surface area contributed by atoms with Crippen molar-refractivity contribution in [2.24, 2.45) is 5.73 Å². The molecule has 2 N–H and O–H groups in total. The Morgan fingerprint density at radius 2 is 2.05 bits per heavy atom. The summed E-state index contributed by atoms with van der Waals surface area (Å²) in [6.07, 6.45) is 1.68. The highest BCUT2D eigenvalue weighted by Crippen LogP contribution is 2.12. The predicted molar refractivity (Wildman–Crippen MR) is 81.4 cm³/mol. The largest absolute Gasteiger partial charge is 0.338 e. The van der Waals surface area contributed by atoms with Gasteiger partial charge in [0.05, 0.1) is 6.04 Å². The summed E-state index contributed by atoms with van der Waals surface area (Å²) in [4.78, 5) is 16.7. The van der Waals surface area contributed by atoms with Gasteiger partial charge < -0.3 is 10.6 Å². The summed E-state index contributed by atoms with van der Waals surface area (Å²) in [6.45, 7) is 4.68. The number of rotatable bonds is 4. The van der Waals surface area contributed by atoms with E-state index in [1.807, 2.05) is 35.2 Å². The Morgan fingerprint density at radius 1 is 1.35 bits per heavy atom. The van der Waals surface area contributed by atoms with Crippen LogP contribution in [0, 0.1) is 0 Å². The summed E-state index contributed by atoms with van der Waals surface area (Å²) in [7, 11) is 2.12. The monoisotopic (exact) mass is 275 g/mol. The zero-order valence-corrected chi connectivity index (χ0v) is 12.5. The molecule has 0 spiro atoms. The molecule has 1 aromatic rings. The minimum absolute atomic E-state index is 0.0837. The lowest BCUT2D eigenvalue weighted by Crippen LogP contribution is -2.56. The number of amides is 1. The van der Waals surface area contributed by atoms with Gasteiger partial charge in [-0.05, 0) is 25.5 Å². The average Bonchev–Trinajstić information content (AvgIpc) is 2.48. The molecule has 0 aliphatic carbocycles. The molecular formula is C16H25N3O. The lowest BCUT2D eigenvalue weighted by atomic mass is 10.0. The average molecular weight is 275 g/mol. The minimum atomic E-state index is -0.432. The van der Waals surface area contributed by atoms with Crippen LogP contribution in [0.5, 0.6) is 0 Å². The Morgan fingerprint density at radius 3 is 2.70 bits per heavy atom. The van der Waals surface area contributed by atoms with E-state index in [2.05, 4.69) is 18.9 Å². The van der Waals surface area contributed by atoms with Gasteiger partial charge in [-0.2, -0.15) is 0 Å². The molecule has 1 fully saturated rings. The maximum absolute atomic E-state index is 12.5. The lowest BCUT2D eigenvalue weighted by molar-refractivity contribution is -0.135. The van der Waals surface area contributed by atoms with Crippen molar-refractivity contribution in [3.8, 4) is 0 Å². The van der Waals surface area contributed by atoms with Crippen LogP contribution in [0.15, 0.2) is 30.3 Å². The van der Waals surface area contributed by atoms with Gasteiger partial charge in [0.25, 0.3) is 0 Å². The first-order chi connectivity index (χ1) is 9.61. The molecule has 0 radical (unpaired) electrons. The third kappa shape index (κ3) is 3.58. The number of hydrogen-bond acceptors (Lipinski definition) is 3. The molecule has 2 rings (SSSR count). The van der Waals surface area contributed by atoms with Gasteiger partial charge in [-0.3, -0.25) is 9.69 Å². The van der Waals surface area contributed by atoms with E-state index in [0.717, 1.165) is 31.6 Å². The van der Waals surface area contributed by atoms with Crippen LogP contribution >= 0.6 is 0 Å². The molecule has 1 heterocycles. The number of carbonyl (C=O) groups is 1.